The highest BCUT2D eigenvalue weighted by Crippen LogP contribution is 2.33. The molecule has 0 radical (unpaired) electrons. The van der Waals surface area contributed by atoms with Crippen LogP contribution >= 0.6 is 0 Å². The van der Waals surface area contributed by atoms with E-state index in [9.17, 15) is 14.4 Å². The van der Waals surface area contributed by atoms with Crippen molar-refractivity contribution in [1.29, 1.82) is 0 Å². The Morgan fingerprint density at radius 1 is 1.30 bits per heavy atom. The van der Waals surface area contributed by atoms with Crippen LogP contribution in [0.2, 0.25) is 0 Å². The van der Waals surface area contributed by atoms with Crippen molar-refractivity contribution < 1.29 is 23.9 Å². The molecule has 0 aromatic carbocycles. The molecule has 20 heavy (non-hydrogen) atoms. The molecule has 1 heterocycles. The van der Waals surface area contributed by atoms with Crippen molar-refractivity contribution in [3.05, 3.63) is 0 Å². The number of esters is 1. The fourth-order valence-electron chi connectivity index (χ4n) is 2.16. The van der Waals surface area contributed by atoms with Crippen molar-refractivity contribution in [3.8, 4) is 0 Å². The summed E-state index contributed by atoms with van der Waals surface area (Å²) in [4.78, 5) is 37.1. The summed E-state index contributed by atoms with van der Waals surface area (Å²) in [5, 5.41) is 0. The van der Waals surface area contributed by atoms with Crippen LogP contribution in [0.3, 0.4) is 0 Å². The topological polar surface area (TPSA) is 72.9 Å². The molecular weight excluding hydrogens is 262 g/mol. The molecule has 1 aliphatic heterocycles. The van der Waals surface area contributed by atoms with E-state index in [0.29, 0.717) is 0 Å². The number of carbonyl (C=O) groups excluding carboxylic acids is 3. The first kappa shape index (κ1) is 16.6. The Morgan fingerprint density at radius 3 is 2.25 bits per heavy atom. The SMILES string of the molecule is COC(=O)[C@@H]1CO[C@H](C(C)(C)C)N1C(=O)C(C)C(C)=O. The highest BCUT2D eigenvalue weighted by Gasteiger charge is 2.48. The summed E-state index contributed by atoms with van der Waals surface area (Å²) >= 11 is 0. The minimum absolute atomic E-state index is 0.0883. The van der Waals surface area contributed by atoms with Gasteiger partial charge in [-0.15, -0.1) is 0 Å². The Kier molecular flexibility index (Phi) is 4.91. The molecule has 0 aromatic heterocycles. The molecule has 0 bridgehead atoms. The summed E-state index contributed by atoms with van der Waals surface area (Å²) in [5.74, 6) is -1.96. The number of carbonyl (C=O) groups is 3. The molecule has 1 aliphatic rings. The van der Waals surface area contributed by atoms with Gasteiger partial charge in [0.2, 0.25) is 5.91 Å². The van der Waals surface area contributed by atoms with E-state index in [2.05, 4.69) is 0 Å². The van der Waals surface area contributed by atoms with Crippen molar-refractivity contribution in [1.82, 2.24) is 4.90 Å². The lowest BCUT2D eigenvalue weighted by Crippen LogP contribution is -2.52. The van der Waals surface area contributed by atoms with Gasteiger partial charge in [-0.25, -0.2) is 4.79 Å². The fraction of sp³-hybridized carbons (Fsp3) is 0.786. The standard InChI is InChI=1S/C14H23NO5/c1-8(9(2)16)11(17)15-10(12(18)19-6)7-20-13(15)14(3,4)5/h8,10,13H,7H2,1-6H3/t8?,10-,13+/m0/s1. The van der Waals surface area contributed by atoms with Gasteiger partial charge in [0, 0.05) is 5.41 Å². The molecule has 1 fully saturated rings. The van der Waals surface area contributed by atoms with Gasteiger partial charge >= 0.3 is 5.97 Å². The molecule has 0 N–H and O–H groups in total. The normalized spacial score (nSPS) is 24.4. The lowest BCUT2D eigenvalue weighted by atomic mass is 9.92. The number of hydrogen-bond donors (Lipinski definition) is 0. The molecule has 1 saturated heterocycles. The molecule has 1 amide bonds. The zero-order valence-electron chi connectivity index (χ0n) is 12.9. The van der Waals surface area contributed by atoms with Crippen molar-refractivity contribution >= 4 is 17.7 Å². The maximum atomic E-state index is 12.5. The van der Waals surface area contributed by atoms with E-state index in [1.54, 1.807) is 0 Å². The second-order valence-electron chi connectivity index (χ2n) is 6.17. The Hall–Kier alpha value is -1.43. The van der Waals surface area contributed by atoms with Gasteiger partial charge in [0.25, 0.3) is 0 Å². The lowest BCUT2D eigenvalue weighted by Gasteiger charge is -2.36. The summed E-state index contributed by atoms with van der Waals surface area (Å²) in [6, 6.07) is -0.793. The quantitative estimate of drug-likeness (QED) is 0.571. The second-order valence-corrected chi connectivity index (χ2v) is 6.17. The van der Waals surface area contributed by atoms with Gasteiger partial charge in [0.05, 0.1) is 19.6 Å². The summed E-state index contributed by atoms with van der Waals surface area (Å²) < 4.78 is 10.3. The summed E-state index contributed by atoms with van der Waals surface area (Å²) in [6.45, 7) is 8.73. The minimum atomic E-state index is -0.797. The van der Waals surface area contributed by atoms with Crippen molar-refractivity contribution in [2.45, 2.75) is 46.9 Å². The first-order valence-corrected chi connectivity index (χ1v) is 6.63. The smallest absolute Gasteiger partial charge is 0.331 e. The van der Waals surface area contributed by atoms with Crippen LogP contribution in [0.1, 0.15) is 34.6 Å². The van der Waals surface area contributed by atoms with Crippen molar-refractivity contribution in [2.24, 2.45) is 11.3 Å². The second kappa shape index (κ2) is 5.91. The number of amides is 1. The van der Waals surface area contributed by atoms with Crippen LogP contribution in [0.15, 0.2) is 0 Å². The minimum Gasteiger partial charge on any atom is -0.467 e. The Morgan fingerprint density at radius 2 is 1.85 bits per heavy atom. The third kappa shape index (κ3) is 3.17. The van der Waals surface area contributed by atoms with Gasteiger partial charge in [-0.05, 0) is 13.8 Å². The van der Waals surface area contributed by atoms with E-state index in [0.717, 1.165) is 0 Å². The van der Waals surface area contributed by atoms with E-state index < -0.39 is 30.1 Å². The first-order chi connectivity index (χ1) is 9.11. The third-order valence-corrected chi connectivity index (χ3v) is 3.45. The average molecular weight is 285 g/mol. The monoisotopic (exact) mass is 285 g/mol. The van der Waals surface area contributed by atoms with Crippen LogP contribution in [-0.4, -0.2) is 48.5 Å². The molecule has 0 saturated carbocycles. The molecule has 0 aliphatic carbocycles. The van der Waals surface area contributed by atoms with Gasteiger partial charge in [-0.3, -0.25) is 14.5 Å². The van der Waals surface area contributed by atoms with E-state index in [1.165, 1.54) is 25.9 Å². The van der Waals surface area contributed by atoms with Crippen LogP contribution in [0.5, 0.6) is 0 Å². The number of hydrogen-bond acceptors (Lipinski definition) is 5. The van der Waals surface area contributed by atoms with Crippen LogP contribution in [0.25, 0.3) is 0 Å². The Balaban J connectivity index is 3.11. The van der Waals surface area contributed by atoms with Gasteiger partial charge in [-0.1, -0.05) is 20.8 Å². The molecule has 0 spiro atoms. The predicted octanol–water partition coefficient (Wildman–Crippen LogP) is 0.984. The molecular formula is C14H23NO5. The fourth-order valence-corrected chi connectivity index (χ4v) is 2.16. The molecule has 6 heteroatoms. The Labute approximate surface area is 119 Å². The number of nitrogens with zero attached hydrogens (tertiary/aromatic N) is 1. The molecule has 1 rings (SSSR count). The van der Waals surface area contributed by atoms with Gasteiger partial charge < -0.3 is 9.47 Å². The van der Waals surface area contributed by atoms with Gasteiger partial charge in [0.15, 0.2) is 6.04 Å². The number of ketones is 1. The molecule has 0 aromatic rings. The zero-order chi connectivity index (χ0) is 15.7. The molecule has 1 unspecified atom stereocenters. The first-order valence-electron chi connectivity index (χ1n) is 6.63. The maximum absolute atomic E-state index is 12.5. The zero-order valence-corrected chi connectivity index (χ0v) is 12.9. The van der Waals surface area contributed by atoms with E-state index in [4.69, 9.17) is 9.47 Å². The van der Waals surface area contributed by atoms with Crippen molar-refractivity contribution in [2.75, 3.05) is 13.7 Å². The molecule has 6 nitrogen and oxygen atoms in total. The summed E-state index contributed by atoms with van der Waals surface area (Å²) in [5.41, 5.74) is -0.366. The predicted molar refractivity (Wildman–Crippen MR) is 71.7 cm³/mol. The van der Waals surface area contributed by atoms with Crippen LogP contribution in [-0.2, 0) is 23.9 Å². The Bertz CT molecular complexity index is 412. The number of Topliss-reactive ketones (excluding diaryl/α,β-unsaturated/α-hetero) is 1. The third-order valence-electron chi connectivity index (χ3n) is 3.45. The van der Waals surface area contributed by atoms with Crippen LogP contribution in [0, 0.1) is 11.3 Å². The number of rotatable bonds is 3. The van der Waals surface area contributed by atoms with Gasteiger partial charge in [-0.2, -0.15) is 0 Å². The van der Waals surface area contributed by atoms with Crippen LogP contribution < -0.4 is 0 Å². The summed E-state index contributed by atoms with van der Waals surface area (Å²) in [6.07, 6.45) is -0.555. The molecule has 3 atom stereocenters. The number of ether oxygens (including phenoxy) is 2. The highest BCUT2D eigenvalue weighted by atomic mass is 16.5. The van der Waals surface area contributed by atoms with Crippen LogP contribution in [0.4, 0.5) is 0 Å². The van der Waals surface area contributed by atoms with Crippen molar-refractivity contribution in [3.63, 3.8) is 0 Å². The van der Waals surface area contributed by atoms with E-state index in [-0.39, 0.29) is 17.8 Å². The van der Waals surface area contributed by atoms with E-state index >= 15 is 0 Å². The maximum Gasteiger partial charge on any atom is 0.331 e. The van der Waals surface area contributed by atoms with E-state index in [1.807, 2.05) is 20.8 Å². The largest absolute Gasteiger partial charge is 0.467 e. The highest BCUT2D eigenvalue weighted by molar-refractivity contribution is 6.01. The molecule has 114 valence electrons. The summed E-state index contributed by atoms with van der Waals surface area (Å²) in [7, 11) is 1.27. The number of methoxy groups -OCH3 is 1. The average Bonchev–Trinajstić information content (AvgIpc) is 2.80. The lowest BCUT2D eigenvalue weighted by molar-refractivity contribution is -0.159. The van der Waals surface area contributed by atoms with Gasteiger partial charge in [0.1, 0.15) is 12.0 Å².